The number of hydrogen-bond acceptors (Lipinski definition) is 3. The highest BCUT2D eigenvalue weighted by molar-refractivity contribution is 5.40. The minimum absolute atomic E-state index is 0.457. The van der Waals surface area contributed by atoms with E-state index in [4.69, 9.17) is 0 Å². The number of nitrogens with one attached hydrogen (secondary N) is 1. The van der Waals surface area contributed by atoms with Gasteiger partial charge in [-0.1, -0.05) is 13.8 Å². The topological polar surface area (TPSA) is 47.7 Å². The van der Waals surface area contributed by atoms with Crippen LogP contribution in [0.3, 0.4) is 0 Å². The molecule has 5 heteroatoms. The maximum Gasteiger partial charge on any atom is 0.140 e. The monoisotopic (exact) mass is 261 g/mol. The molecule has 1 N–H and O–H groups in total. The Kier molecular flexibility index (Phi) is 3.75. The van der Waals surface area contributed by atoms with Crippen LogP contribution in [-0.2, 0) is 13.6 Å². The number of aromatic nitrogens is 4. The summed E-state index contributed by atoms with van der Waals surface area (Å²) >= 11 is 0. The van der Waals surface area contributed by atoms with Gasteiger partial charge in [0, 0.05) is 30.9 Å². The minimum Gasteiger partial charge on any atom is -0.310 e. The zero-order valence-electron chi connectivity index (χ0n) is 12.7. The molecule has 104 valence electrons. The maximum absolute atomic E-state index is 4.54. The van der Waals surface area contributed by atoms with Crippen molar-refractivity contribution < 1.29 is 0 Å². The molecule has 2 heterocycles. The molecule has 19 heavy (non-hydrogen) atoms. The Morgan fingerprint density at radius 1 is 1.21 bits per heavy atom. The lowest BCUT2D eigenvalue weighted by molar-refractivity contribution is 0.585. The summed E-state index contributed by atoms with van der Waals surface area (Å²) < 4.78 is 4.05. The molecule has 0 fully saturated rings. The molecule has 0 saturated heterocycles. The van der Waals surface area contributed by atoms with Crippen LogP contribution >= 0.6 is 0 Å². The van der Waals surface area contributed by atoms with Crippen LogP contribution in [0.5, 0.6) is 0 Å². The van der Waals surface area contributed by atoms with Crippen molar-refractivity contribution in [1.29, 1.82) is 0 Å². The number of nitrogens with zero attached hydrogens (tertiary/aromatic N) is 4. The van der Waals surface area contributed by atoms with E-state index in [0.717, 1.165) is 29.4 Å². The number of hydrogen-bond donors (Lipinski definition) is 1. The van der Waals surface area contributed by atoms with Gasteiger partial charge in [0.25, 0.3) is 0 Å². The maximum atomic E-state index is 4.54. The van der Waals surface area contributed by atoms with Crippen molar-refractivity contribution in [2.45, 2.75) is 47.2 Å². The van der Waals surface area contributed by atoms with Gasteiger partial charge in [0.2, 0.25) is 0 Å². The Hall–Kier alpha value is -1.62. The van der Waals surface area contributed by atoms with E-state index in [-0.39, 0.29) is 0 Å². The van der Waals surface area contributed by atoms with E-state index in [9.17, 15) is 0 Å². The summed E-state index contributed by atoms with van der Waals surface area (Å²) in [5.74, 6) is 1.10. The Morgan fingerprint density at radius 2 is 1.89 bits per heavy atom. The minimum atomic E-state index is 0.457. The third kappa shape index (κ3) is 2.56. The molecule has 0 atom stereocenters. The first-order valence-corrected chi connectivity index (χ1v) is 6.68. The van der Waals surface area contributed by atoms with Crippen LogP contribution in [0.4, 0.5) is 0 Å². The average Bonchev–Trinajstić information content (AvgIpc) is 2.78. The Balaban J connectivity index is 2.47. The third-order valence-corrected chi connectivity index (χ3v) is 3.48. The Labute approximate surface area is 114 Å². The molecular formula is C14H23N5. The van der Waals surface area contributed by atoms with E-state index in [2.05, 4.69) is 47.7 Å². The fourth-order valence-corrected chi connectivity index (χ4v) is 2.22. The van der Waals surface area contributed by atoms with Crippen LogP contribution in [0.2, 0.25) is 0 Å². The molecule has 0 amide bonds. The summed E-state index contributed by atoms with van der Waals surface area (Å²) in [6.07, 6.45) is 1.87. The third-order valence-electron chi connectivity index (χ3n) is 3.48. The molecule has 2 rings (SSSR count). The fraction of sp³-hybridized carbons (Fsp3) is 0.571. The second-order valence-corrected chi connectivity index (χ2v) is 5.33. The van der Waals surface area contributed by atoms with Crippen LogP contribution in [0.1, 0.15) is 36.5 Å². The lowest BCUT2D eigenvalue weighted by atomic mass is 10.2. The molecule has 0 spiro atoms. The molecule has 0 bridgehead atoms. The number of imidazole rings is 1. The second-order valence-electron chi connectivity index (χ2n) is 5.33. The summed E-state index contributed by atoms with van der Waals surface area (Å²) in [5, 5.41) is 8.01. The smallest absolute Gasteiger partial charge is 0.140 e. The second kappa shape index (κ2) is 5.17. The predicted molar refractivity (Wildman–Crippen MR) is 76.5 cm³/mol. The van der Waals surface area contributed by atoms with E-state index in [1.165, 1.54) is 5.56 Å². The van der Waals surface area contributed by atoms with Crippen molar-refractivity contribution in [1.82, 2.24) is 24.6 Å². The van der Waals surface area contributed by atoms with Gasteiger partial charge in [-0.05, 0) is 20.8 Å². The highest BCUT2D eigenvalue weighted by Gasteiger charge is 2.17. The van der Waals surface area contributed by atoms with Crippen LogP contribution in [0.15, 0.2) is 6.33 Å². The first-order chi connectivity index (χ1) is 8.91. The van der Waals surface area contributed by atoms with Gasteiger partial charge in [-0.3, -0.25) is 9.25 Å². The molecule has 0 aliphatic heterocycles. The Morgan fingerprint density at radius 3 is 2.42 bits per heavy atom. The van der Waals surface area contributed by atoms with Crippen molar-refractivity contribution >= 4 is 0 Å². The van der Waals surface area contributed by atoms with Crippen molar-refractivity contribution in [3.8, 4) is 5.82 Å². The van der Waals surface area contributed by atoms with Crippen molar-refractivity contribution in [2.75, 3.05) is 0 Å². The molecule has 0 aliphatic rings. The van der Waals surface area contributed by atoms with Crippen LogP contribution in [0.25, 0.3) is 5.82 Å². The largest absolute Gasteiger partial charge is 0.310 e. The summed E-state index contributed by atoms with van der Waals surface area (Å²) in [6, 6.07) is 0.457. The highest BCUT2D eigenvalue weighted by atomic mass is 15.3. The van der Waals surface area contributed by atoms with Crippen LogP contribution in [0, 0.1) is 20.8 Å². The first-order valence-electron chi connectivity index (χ1n) is 6.68. The molecule has 2 aromatic heterocycles. The Bertz CT molecular complexity index is 577. The van der Waals surface area contributed by atoms with Gasteiger partial charge < -0.3 is 5.32 Å². The average molecular weight is 261 g/mol. The van der Waals surface area contributed by atoms with E-state index >= 15 is 0 Å². The van der Waals surface area contributed by atoms with E-state index in [1.807, 2.05) is 25.0 Å². The number of aryl methyl sites for hydroxylation is 3. The zero-order chi connectivity index (χ0) is 14.2. The molecule has 0 radical (unpaired) electrons. The molecule has 2 aromatic rings. The summed E-state index contributed by atoms with van der Waals surface area (Å²) in [7, 11) is 1.98. The van der Waals surface area contributed by atoms with E-state index in [0.29, 0.717) is 6.04 Å². The molecule has 0 aromatic carbocycles. The summed E-state index contributed by atoms with van der Waals surface area (Å²) in [4.78, 5) is 4.38. The van der Waals surface area contributed by atoms with Crippen LogP contribution < -0.4 is 5.32 Å². The first kappa shape index (κ1) is 13.8. The summed E-state index contributed by atoms with van der Waals surface area (Å²) in [6.45, 7) is 11.3. The molecule has 0 aliphatic carbocycles. The van der Waals surface area contributed by atoms with Crippen molar-refractivity contribution in [3.05, 3.63) is 29.0 Å². The predicted octanol–water partition coefficient (Wildman–Crippen LogP) is 2.03. The standard InChI is InChI=1S/C14H23N5/c1-9(2)15-7-13-11(4)17-18(6)14(13)19-8-16-10(3)12(19)5/h8-9,15H,7H2,1-6H3. The van der Waals surface area contributed by atoms with Crippen molar-refractivity contribution in [3.63, 3.8) is 0 Å². The van der Waals surface area contributed by atoms with Gasteiger partial charge in [-0.15, -0.1) is 0 Å². The number of rotatable bonds is 4. The molecular weight excluding hydrogens is 238 g/mol. The lowest BCUT2D eigenvalue weighted by Crippen LogP contribution is -2.23. The van der Waals surface area contributed by atoms with E-state index in [1.54, 1.807) is 0 Å². The molecule has 0 unspecified atom stereocenters. The van der Waals surface area contributed by atoms with Crippen molar-refractivity contribution in [2.24, 2.45) is 7.05 Å². The van der Waals surface area contributed by atoms with Gasteiger partial charge in [-0.2, -0.15) is 5.10 Å². The molecule has 0 saturated carbocycles. The normalized spacial score (nSPS) is 11.5. The SMILES string of the molecule is Cc1nn(C)c(-n2cnc(C)c2C)c1CNC(C)C. The summed E-state index contributed by atoms with van der Waals surface area (Å²) in [5.41, 5.74) is 4.52. The van der Waals surface area contributed by atoms with Gasteiger partial charge >= 0.3 is 0 Å². The van der Waals surface area contributed by atoms with E-state index < -0.39 is 0 Å². The fourth-order valence-electron chi connectivity index (χ4n) is 2.22. The zero-order valence-corrected chi connectivity index (χ0v) is 12.7. The quantitative estimate of drug-likeness (QED) is 0.916. The van der Waals surface area contributed by atoms with Gasteiger partial charge in [0.15, 0.2) is 0 Å². The van der Waals surface area contributed by atoms with Gasteiger partial charge in [-0.25, -0.2) is 4.98 Å². The van der Waals surface area contributed by atoms with Gasteiger partial charge in [0.05, 0.1) is 11.4 Å². The highest BCUT2D eigenvalue weighted by Crippen LogP contribution is 2.20. The molecule has 5 nitrogen and oxygen atoms in total. The van der Waals surface area contributed by atoms with Crippen LogP contribution in [-0.4, -0.2) is 25.4 Å². The lowest BCUT2D eigenvalue weighted by Gasteiger charge is -2.12. The van der Waals surface area contributed by atoms with Gasteiger partial charge in [0.1, 0.15) is 12.1 Å².